The number of aryl methyl sites for hydroxylation is 1. The average molecular weight is 200 g/mol. The summed E-state index contributed by atoms with van der Waals surface area (Å²) in [6.45, 7) is 1.31. The maximum Gasteiger partial charge on any atom is 0.377 e. The SMILES string of the molecule is Cc1ccc(C(=O)C(=O)O)c(F)c1F. The number of aliphatic carboxylic acids is 1. The van der Waals surface area contributed by atoms with Gasteiger partial charge in [0.1, 0.15) is 0 Å². The first-order valence-corrected chi connectivity index (χ1v) is 3.67. The van der Waals surface area contributed by atoms with Crippen LogP contribution in [0.25, 0.3) is 0 Å². The van der Waals surface area contributed by atoms with E-state index in [9.17, 15) is 18.4 Å². The Bertz CT molecular complexity index is 413. The van der Waals surface area contributed by atoms with Gasteiger partial charge in [0.2, 0.25) is 0 Å². The van der Waals surface area contributed by atoms with E-state index in [1.54, 1.807) is 0 Å². The number of carbonyl (C=O) groups excluding carboxylic acids is 1. The van der Waals surface area contributed by atoms with Gasteiger partial charge in [-0.05, 0) is 18.6 Å². The molecule has 1 N–H and O–H groups in total. The number of carboxylic acids is 1. The van der Waals surface area contributed by atoms with Crippen molar-refractivity contribution in [2.24, 2.45) is 0 Å². The number of carboxylic acid groups (broad SMARTS) is 1. The summed E-state index contributed by atoms with van der Waals surface area (Å²) >= 11 is 0. The molecule has 1 rings (SSSR count). The number of halogens is 2. The van der Waals surface area contributed by atoms with E-state index in [4.69, 9.17) is 5.11 Å². The van der Waals surface area contributed by atoms with Crippen molar-refractivity contribution in [3.05, 3.63) is 34.9 Å². The molecule has 0 aliphatic carbocycles. The van der Waals surface area contributed by atoms with Crippen molar-refractivity contribution < 1.29 is 23.5 Å². The summed E-state index contributed by atoms with van der Waals surface area (Å²) in [5.74, 6) is -5.89. The first-order chi connectivity index (χ1) is 6.45. The van der Waals surface area contributed by atoms with Crippen LogP contribution in [0.3, 0.4) is 0 Å². The Labute approximate surface area is 78.0 Å². The molecule has 0 saturated carbocycles. The number of ketones is 1. The standard InChI is InChI=1S/C9H6F2O3/c1-4-2-3-5(7(11)6(4)10)8(12)9(13)14/h2-3H,1H3,(H,13,14). The molecule has 0 aliphatic heterocycles. The number of hydrogen-bond acceptors (Lipinski definition) is 2. The van der Waals surface area contributed by atoms with Gasteiger partial charge >= 0.3 is 5.97 Å². The van der Waals surface area contributed by atoms with Gasteiger partial charge in [-0.3, -0.25) is 4.79 Å². The highest BCUT2D eigenvalue weighted by atomic mass is 19.2. The Morgan fingerprint density at radius 3 is 2.29 bits per heavy atom. The van der Waals surface area contributed by atoms with Crippen LogP contribution in [-0.2, 0) is 4.79 Å². The fraction of sp³-hybridized carbons (Fsp3) is 0.111. The molecule has 0 bridgehead atoms. The monoisotopic (exact) mass is 200 g/mol. The van der Waals surface area contributed by atoms with Crippen LogP contribution in [0.5, 0.6) is 0 Å². The summed E-state index contributed by atoms with van der Waals surface area (Å²) in [5.41, 5.74) is -0.745. The van der Waals surface area contributed by atoms with Gasteiger partial charge in [-0.2, -0.15) is 0 Å². The minimum absolute atomic E-state index is 0.0180. The van der Waals surface area contributed by atoms with Crippen molar-refractivity contribution in [3.63, 3.8) is 0 Å². The molecule has 1 aromatic rings. The van der Waals surface area contributed by atoms with Crippen LogP contribution in [0.15, 0.2) is 12.1 Å². The van der Waals surface area contributed by atoms with Crippen LogP contribution >= 0.6 is 0 Å². The van der Waals surface area contributed by atoms with Crippen molar-refractivity contribution in [3.8, 4) is 0 Å². The molecular formula is C9H6F2O3. The number of carbonyl (C=O) groups is 2. The molecule has 0 aromatic heterocycles. The Morgan fingerprint density at radius 2 is 1.79 bits per heavy atom. The van der Waals surface area contributed by atoms with Gasteiger partial charge < -0.3 is 5.11 Å². The molecule has 0 spiro atoms. The fourth-order valence-corrected chi connectivity index (χ4v) is 0.937. The van der Waals surface area contributed by atoms with Crippen molar-refractivity contribution in [1.29, 1.82) is 0 Å². The molecule has 3 nitrogen and oxygen atoms in total. The molecule has 0 aliphatic rings. The normalized spacial score (nSPS) is 9.93. The number of Topliss-reactive ketones (excluding diaryl/α,β-unsaturated/α-hetero) is 1. The minimum atomic E-state index is -1.81. The maximum absolute atomic E-state index is 13.0. The zero-order valence-corrected chi connectivity index (χ0v) is 7.17. The van der Waals surface area contributed by atoms with E-state index in [1.165, 1.54) is 6.92 Å². The van der Waals surface area contributed by atoms with Gasteiger partial charge in [-0.1, -0.05) is 6.07 Å². The molecule has 1 aromatic carbocycles. The van der Waals surface area contributed by atoms with Crippen molar-refractivity contribution >= 4 is 11.8 Å². The Morgan fingerprint density at radius 1 is 1.21 bits per heavy atom. The number of benzene rings is 1. The lowest BCUT2D eigenvalue weighted by molar-refractivity contribution is -0.131. The molecule has 5 heteroatoms. The summed E-state index contributed by atoms with van der Waals surface area (Å²) in [7, 11) is 0. The summed E-state index contributed by atoms with van der Waals surface area (Å²) in [5, 5.41) is 8.28. The smallest absolute Gasteiger partial charge is 0.377 e. The largest absolute Gasteiger partial charge is 0.475 e. The second kappa shape index (κ2) is 3.53. The van der Waals surface area contributed by atoms with Crippen molar-refractivity contribution in [2.75, 3.05) is 0 Å². The quantitative estimate of drug-likeness (QED) is 0.582. The zero-order valence-electron chi connectivity index (χ0n) is 7.17. The molecule has 14 heavy (non-hydrogen) atoms. The van der Waals surface area contributed by atoms with Gasteiger partial charge in [0, 0.05) is 0 Å². The van der Waals surface area contributed by atoms with Gasteiger partial charge in [0.25, 0.3) is 5.78 Å². The first-order valence-electron chi connectivity index (χ1n) is 3.67. The summed E-state index contributed by atoms with van der Waals surface area (Å²) in [6.07, 6.45) is 0. The van der Waals surface area contributed by atoms with Crippen LogP contribution < -0.4 is 0 Å². The second-order valence-electron chi connectivity index (χ2n) is 2.69. The van der Waals surface area contributed by atoms with Crippen LogP contribution in [-0.4, -0.2) is 16.9 Å². The van der Waals surface area contributed by atoms with Crippen molar-refractivity contribution in [1.82, 2.24) is 0 Å². The third-order valence-corrected chi connectivity index (χ3v) is 1.71. The molecule has 0 unspecified atom stereocenters. The highest BCUT2D eigenvalue weighted by molar-refractivity contribution is 6.39. The molecule has 0 heterocycles. The van der Waals surface area contributed by atoms with E-state index in [2.05, 4.69) is 0 Å². The molecule has 0 radical (unpaired) electrons. The van der Waals surface area contributed by atoms with Gasteiger partial charge in [0.15, 0.2) is 11.6 Å². The second-order valence-corrected chi connectivity index (χ2v) is 2.69. The Balaban J connectivity index is 3.31. The van der Waals surface area contributed by atoms with E-state index in [0.29, 0.717) is 0 Å². The zero-order chi connectivity index (χ0) is 10.9. The number of hydrogen-bond donors (Lipinski definition) is 1. The first kappa shape index (κ1) is 10.3. The fourth-order valence-electron chi connectivity index (χ4n) is 0.937. The lowest BCUT2D eigenvalue weighted by atomic mass is 10.1. The third-order valence-electron chi connectivity index (χ3n) is 1.71. The molecular weight excluding hydrogens is 194 g/mol. The topological polar surface area (TPSA) is 54.4 Å². The summed E-state index contributed by atoms with van der Waals surface area (Å²) in [6, 6.07) is 2.10. The molecule has 0 saturated heterocycles. The van der Waals surface area contributed by atoms with Crippen LogP contribution in [0.1, 0.15) is 15.9 Å². The van der Waals surface area contributed by atoms with E-state index in [1.807, 2.05) is 0 Å². The molecule has 0 fully saturated rings. The van der Waals surface area contributed by atoms with Gasteiger partial charge in [0.05, 0.1) is 5.56 Å². The maximum atomic E-state index is 13.0. The summed E-state index contributed by atoms with van der Waals surface area (Å²) < 4.78 is 25.9. The lowest BCUT2D eigenvalue weighted by Crippen LogP contribution is -2.15. The van der Waals surface area contributed by atoms with Gasteiger partial charge in [-0.15, -0.1) is 0 Å². The Hall–Kier alpha value is -1.78. The molecule has 74 valence electrons. The average Bonchev–Trinajstić information content (AvgIpc) is 2.13. The van der Waals surface area contributed by atoms with E-state index < -0.39 is 29.0 Å². The predicted octanol–water partition coefficient (Wildman–Crippen LogP) is 1.54. The van der Waals surface area contributed by atoms with Gasteiger partial charge in [-0.25, -0.2) is 13.6 Å². The summed E-state index contributed by atoms with van der Waals surface area (Å²) in [4.78, 5) is 21.0. The highest BCUT2D eigenvalue weighted by Gasteiger charge is 2.21. The van der Waals surface area contributed by atoms with Crippen LogP contribution in [0, 0.1) is 18.6 Å². The van der Waals surface area contributed by atoms with Crippen molar-refractivity contribution in [2.45, 2.75) is 6.92 Å². The van der Waals surface area contributed by atoms with E-state index in [0.717, 1.165) is 12.1 Å². The number of rotatable bonds is 2. The lowest BCUT2D eigenvalue weighted by Gasteiger charge is -2.01. The van der Waals surface area contributed by atoms with Crippen LogP contribution in [0.4, 0.5) is 8.78 Å². The third kappa shape index (κ3) is 1.61. The minimum Gasteiger partial charge on any atom is -0.475 e. The molecule has 0 amide bonds. The Kier molecular flexibility index (Phi) is 2.60. The predicted molar refractivity (Wildman–Crippen MR) is 43.1 cm³/mol. The van der Waals surface area contributed by atoms with E-state index in [-0.39, 0.29) is 5.56 Å². The van der Waals surface area contributed by atoms with E-state index >= 15 is 0 Å². The molecule has 0 atom stereocenters. The van der Waals surface area contributed by atoms with Crippen LogP contribution in [0.2, 0.25) is 0 Å². The highest BCUT2D eigenvalue weighted by Crippen LogP contribution is 2.15.